The minimum atomic E-state index is -0.988. The minimum absolute atomic E-state index is 0.193. The van der Waals surface area contributed by atoms with Crippen LogP contribution in [0, 0.1) is 20.8 Å². The van der Waals surface area contributed by atoms with Gasteiger partial charge in [-0.05, 0) is 38.0 Å². The normalized spacial score (nSPS) is 10.5. The zero-order valence-corrected chi connectivity index (χ0v) is 9.93. The molecule has 0 atom stereocenters. The molecule has 0 aliphatic rings. The van der Waals surface area contributed by atoms with Crippen LogP contribution in [0.3, 0.4) is 0 Å². The molecule has 2 aromatic rings. The van der Waals surface area contributed by atoms with E-state index in [4.69, 9.17) is 0 Å². The summed E-state index contributed by atoms with van der Waals surface area (Å²) < 4.78 is 1.50. The van der Waals surface area contributed by atoms with E-state index in [-0.39, 0.29) is 5.56 Å². The number of hydrogen-bond acceptors (Lipinski definition) is 3. The molecule has 5 nitrogen and oxygen atoms in total. The second kappa shape index (κ2) is 4.01. The van der Waals surface area contributed by atoms with Gasteiger partial charge in [0, 0.05) is 11.9 Å². The van der Waals surface area contributed by atoms with Gasteiger partial charge in [0.2, 0.25) is 0 Å². The Morgan fingerprint density at radius 1 is 1.35 bits per heavy atom. The van der Waals surface area contributed by atoms with E-state index in [0.29, 0.717) is 11.4 Å². The number of nitrogens with zero attached hydrogens (tertiary/aromatic N) is 3. The molecule has 2 rings (SSSR count). The average Bonchev–Trinajstić information content (AvgIpc) is 2.62. The average molecular weight is 231 g/mol. The number of rotatable bonds is 2. The SMILES string of the molecule is Cc1cnn(-c2nc(C)cc(C)c2C(=O)O)c1. The van der Waals surface area contributed by atoms with Crippen molar-refractivity contribution in [3.05, 3.63) is 40.8 Å². The summed E-state index contributed by atoms with van der Waals surface area (Å²) in [6.45, 7) is 5.49. The fourth-order valence-corrected chi connectivity index (χ4v) is 1.78. The van der Waals surface area contributed by atoms with Gasteiger partial charge in [0.1, 0.15) is 5.56 Å². The van der Waals surface area contributed by atoms with Crippen LogP contribution in [0.25, 0.3) is 5.82 Å². The van der Waals surface area contributed by atoms with E-state index >= 15 is 0 Å². The van der Waals surface area contributed by atoms with Crippen LogP contribution in [-0.4, -0.2) is 25.8 Å². The van der Waals surface area contributed by atoms with E-state index in [1.54, 1.807) is 25.4 Å². The van der Waals surface area contributed by atoms with Crippen LogP contribution in [0.1, 0.15) is 27.2 Å². The van der Waals surface area contributed by atoms with E-state index in [0.717, 1.165) is 11.3 Å². The molecule has 0 aliphatic carbocycles. The van der Waals surface area contributed by atoms with Crippen molar-refractivity contribution in [3.8, 4) is 5.82 Å². The third-order valence-electron chi connectivity index (χ3n) is 2.47. The maximum Gasteiger partial charge on any atom is 0.339 e. The Morgan fingerprint density at radius 3 is 2.59 bits per heavy atom. The van der Waals surface area contributed by atoms with Crippen molar-refractivity contribution in [1.29, 1.82) is 0 Å². The largest absolute Gasteiger partial charge is 0.478 e. The first kappa shape index (κ1) is 11.3. The maximum absolute atomic E-state index is 11.3. The molecule has 0 aliphatic heterocycles. The molecule has 88 valence electrons. The number of aryl methyl sites for hydroxylation is 3. The zero-order chi connectivity index (χ0) is 12.6. The molecule has 0 saturated heterocycles. The first-order valence-corrected chi connectivity index (χ1v) is 5.22. The molecule has 0 saturated carbocycles. The fraction of sp³-hybridized carbons (Fsp3) is 0.250. The van der Waals surface area contributed by atoms with Crippen molar-refractivity contribution in [3.63, 3.8) is 0 Å². The van der Waals surface area contributed by atoms with Crippen LogP contribution >= 0.6 is 0 Å². The van der Waals surface area contributed by atoms with E-state index in [1.807, 2.05) is 13.8 Å². The summed E-state index contributed by atoms with van der Waals surface area (Å²) >= 11 is 0. The number of aromatic nitrogens is 3. The highest BCUT2D eigenvalue weighted by Crippen LogP contribution is 2.17. The van der Waals surface area contributed by atoms with E-state index < -0.39 is 5.97 Å². The predicted octanol–water partition coefficient (Wildman–Crippen LogP) is 1.89. The Kier molecular flexibility index (Phi) is 2.67. The lowest BCUT2D eigenvalue weighted by Crippen LogP contribution is -2.11. The summed E-state index contributed by atoms with van der Waals surface area (Å²) in [5, 5.41) is 13.3. The Balaban J connectivity index is 2.71. The Morgan fingerprint density at radius 2 is 2.06 bits per heavy atom. The Bertz CT molecular complexity index is 587. The number of carboxylic acids is 1. The van der Waals surface area contributed by atoms with Gasteiger partial charge >= 0.3 is 5.97 Å². The molecule has 0 spiro atoms. The van der Waals surface area contributed by atoms with Crippen LogP contribution < -0.4 is 0 Å². The van der Waals surface area contributed by atoms with Gasteiger partial charge in [-0.25, -0.2) is 14.5 Å². The smallest absolute Gasteiger partial charge is 0.339 e. The zero-order valence-electron chi connectivity index (χ0n) is 9.93. The molecule has 0 unspecified atom stereocenters. The van der Waals surface area contributed by atoms with Gasteiger partial charge in [0.15, 0.2) is 5.82 Å². The van der Waals surface area contributed by atoms with E-state index in [9.17, 15) is 9.90 Å². The highest BCUT2D eigenvalue weighted by molar-refractivity contribution is 5.92. The fourth-order valence-electron chi connectivity index (χ4n) is 1.78. The number of carboxylic acid groups (broad SMARTS) is 1. The topological polar surface area (TPSA) is 68.0 Å². The van der Waals surface area contributed by atoms with Crippen LogP contribution in [0.2, 0.25) is 0 Å². The molecule has 0 bridgehead atoms. The standard InChI is InChI=1S/C12H13N3O2/c1-7-5-13-15(6-7)11-10(12(16)17)8(2)4-9(3)14-11/h4-6H,1-3H3,(H,16,17). The quantitative estimate of drug-likeness (QED) is 0.857. The van der Waals surface area contributed by atoms with Gasteiger partial charge in [0.25, 0.3) is 0 Å². The molecule has 1 N–H and O–H groups in total. The van der Waals surface area contributed by atoms with Crippen LogP contribution in [-0.2, 0) is 0 Å². The van der Waals surface area contributed by atoms with Crippen molar-refractivity contribution in [2.24, 2.45) is 0 Å². The lowest BCUT2D eigenvalue weighted by atomic mass is 10.1. The van der Waals surface area contributed by atoms with Gasteiger partial charge < -0.3 is 5.11 Å². The molecule has 2 heterocycles. The first-order valence-electron chi connectivity index (χ1n) is 5.22. The van der Waals surface area contributed by atoms with Gasteiger partial charge in [-0.1, -0.05) is 0 Å². The summed E-state index contributed by atoms with van der Waals surface area (Å²) in [5.74, 6) is -0.624. The maximum atomic E-state index is 11.3. The summed E-state index contributed by atoms with van der Waals surface area (Å²) in [4.78, 5) is 15.5. The number of carbonyl (C=O) groups is 1. The molecular weight excluding hydrogens is 218 g/mol. The third kappa shape index (κ3) is 2.04. The molecule has 5 heteroatoms. The molecule has 0 aromatic carbocycles. The van der Waals surface area contributed by atoms with Crippen molar-refractivity contribution >= 4 is 5.97 Å². The molecule has 17 heavy (non-hydrogen) atoms. The van der Waals surface area contributed by atoms with Crippen molar-refractivity contribution < 1.29 is 9.90 Å². The minimum Gasteiger partial charge on any atom is -0.478 e. The van der Waals surface area contributed by atoms with Gasteiger partial charge in [0.05, 0.1) is 6.20 Å². The van der Waals surface area contributed by atoms with E-state index in [1.165, 1.54) is 4.68 Å². The first-order chi connectivity index (χ1) is 7.99. The van der Waals surface area contributed by atoms with Crippen LogP contribution in [0.5, 0.6) is 0 Å². The van der Waals surface area contributed by atoms with Gasteiger partial charge in [-0.3, -0.25) is 0 Å². The highest BCUT2D eigenvalue weighted by Gasteiger charge is 2.17. The van der Waals surface area contributed by atoms with Crippen LogP contribution in [0.15, 0.2) is 18.5 Å². The monoisotopic (exact) mass is 231 g/mol. The van der Waals surface area contributed by atoms with Crippen LogP contribution in [0.4, 0.5) is 0 Å². The molecular formula is C12H13N3O2. The molecule has 0 radical (unpaired) electrons. The molecule has 0 fully saturated rings. The second-order valence-corrected chi connectivity index (χ2v) is 4.05. The summed E-state index contributed by atoms with van der Waals surface area (Å²) in [6, 6.07) is 1.75. The number of hydrogen-bond donors (Lipinski definition) is 1. The number of aromatic carboxylic acids is 1. The summed E-state index contributed by atoms with van der Waals surface area (Å²) in [5.41, 5.74) is 2.62. The highest BCUT2D eigenvalue weighted by atomic mass is 16.4. The van der Waals surface area contributed by atoms with Crippen molar-refractivity contribution in [2.45, 2.75) is 20.8 Å². The van der Waals surface area contributed by atoms with Gasteiger partial charge in [-0.15, -0.1) is 0 Å². The summed E-state index contributed by atoms with van der Waals surface area (Å²) in [7, 11) is 0. The van der Waals surface area contributed by atoms with Crippen molar-refractivity contribution in [1.82, 2.24) is 14.8 Å². The lowest BCUT2D eigenvalue weighted by Gasteiger charge is -2.09. The van der Waals surface area contributed by atoms with Crippen molar-refractivity contribution in [2.75, 3.05) is 0 Å². The third-order valence-corrected chi connectivity index (χ3v) is 2.47. The number of pyridine rings is 1. The molecule has 2 aromatic heterocycles. The Labute approximate surface area is 98.7 Å². The molecule has 0 amide bonds. The predicted molar refractivity (Wildman–Crippen MR) is 62.5 cm³/mol. The second-order valence-electron chi connectivity index (χ2n) is 4.05. The van der Waals surface area contributed by atoms with Gasteiger partial charge in [-0.2, -0.15) is 5.10 Å². The van der Waals surface area contributed by atoms with E-state index in [2.05, 4.69) is 10.1 Å². The summed E-state index contributed by atoms with van der Waals surface area (Å²) in [6.07, 6.45) is 3.43. The lowest BCUT2D eigenvalue weighted by molar-refractivity contribution is 0.0695. The Hall–Kier alpha value is -2.17.